The van der Waals surface area contributed by atoms with Crippen molar-refractivity contribution in [3.05, 3.63) is 40.9 Å². The number of aliphatic carboxylic acids is 1. The lowest BCUT2D eigenvalue weighted by molar-refractivity contribution is -0.136. The number of hydrogen-bond acceptors (Lipinski definition) is 2. The zero-order chi connectivity index (χ0) is 13.7. The first kappa shape index (κ1) is 14.3. The molecule has 5 heteroatoms. The molecule has 0 fully saturated rings. The number of carbonyl (C=O) groups excluding carboxylic acids is 1. The average Bonchev–Trinajstić information content (AvgIpc) is 2.24. The summed E-state index contributed by atoms with van der Waals surface area (Å²) in [7, 11) is 0. The van der Waals surface area contributed by atoms with Gasteiger partial charge < -0.3 is 5.11 Å². The highest BCUT2D eigenvalue weighted by atomic mass is 35.5. The van der Waals surface area contributed by atoms with Gasteiger partial charge in [-0.15, -0.1) is 0 Å². The first-order chi connectivity index (χ1) is 8.40. The van der Waals surface area contributed by atoms with E-state index in [0.717, 1.165) is 5.57 Å². The summed E-state index contributed by atoms with van der Waals surface area (Å²) >= 11 is 5.84. The lowest BCUT2D eigenvalue weighted by Gasteiger charge is -2.19. The number of halogens is 1. The molecule has 0 spiro atoms. The van der Waals surface area contributed by atoms with E-state index < -0.39 is 12.5 Å². The second-order valence-corrected chi connectivity index (χ2v) is 4.46. The van der Waals surface area contributed by atoms with Crippen LogP contribution in [0.15, 0.2) is 35.9 Å². The molecule has 0 saturated heterocycles. The Labute approximate surface area is 110 Å². The molecule has 1 aromatic carbocycles. The Morgan fingerprint density at radius 1 is 1.39 bits per heavy atom. The predicted molar refractivity (Wildman–Crippen MR) is 70.9 cm³/mol. The fourth-order valence-corrected chi connectivity index (χ4v) is 1.59. The fraction of sp³-hybridized carbons (Fsp3) is 0.231. The van der Waals surface area contributed by atoms with E-state index in [1.54, 1.807) is 38.1 Å². The van der Waals surface area contributed by atoms with Crippen molar-refractivity contribution in [3.63, 3.8) is 0 Å². The van der Waals surface area contributed by atoms with Crippen LogP contribution < -0.4 is 4.90 Å². The second kappa shape index (κ2) is 6.21. The van der Waals surface area contributed by atoms with E-state index >= 15 is 0 Å². The van der Waals surface area contributed by atoms with Gasteiger partial charge in [0.1, 0.15) is 6.54 Å². The molecule has 0 heterocycles. The average molecular weight is 268 g/mol. The summed E-state index contributed by atoms with van der Waals surface area (Å²) < 4.78 is 0. The molecule has 0 atom stereocenters. The molecule has 1 aromatic rings. The van der Waals surface area contributed by atoms with Crippen molar-refractivity contribution in [2.75, 3.05) is 11.4 Å². The molecule has 0 bridgehead atoms. The normalized spacial score (nSPS) is 9.72. The molecule has 1 N–H and O–H groups in total. The number of carboxylic acids is 1. The number of hydrogen-bond donors (Lipinski definition) is 1. The van der Waals surface area contributed by atoms with Gasteiger partial charge in [0.2, 0.25) is 0 Å². The smallest absolute Gasteiger partial charge is 0.323 e. The van der Waals surface area contributed by atoms with Gasteiger partial charge in [0.25, 0.3) is 5.91 Å². The van der Waals surface area contributed by atoms with Gasteiger partial charge >= 0.3 is 5.97 Å². The van der Waals surface area contributed by atoms with E-state index in [-0.39, 0.29) is 5.91 Å². The summed E-state index contributed by atoms with van der Waals surface area (Å²) in [4.78, 5) is 23.9. The molecule has 0 radical (unpaired) electrons. The van der Waals surface area contributed by atoms with Crippen LogP contribution in [-0.4, -0.2) is 23.5 Å². The van der Waals surface area contributed by atoms with Crippen LogP contribution >= 0.6 is 11.6 Å². The first-order valence-electron chi connectivity index (χ1n) is 5.34. The number of carbonyl (C=O) groups is 2. The summed E-state index contributed by atoms with van der Waals surface area (Å²) in [6.45, 7) is 3.15. The Morgan fingerprint density at radius 2 is 2.06 bits per heavy atom. The zero-order valence-corrected chi connectivity index (χ0v) is 10.9. The molecule has 0 aliphatic carbocycles. The van der Waals surface area contributed by atoms with E-state index in [1.165, 1.54) is 11.0 Å². The van der Waals surface area contributed by atoms with Crippen molar-refractivity contribution in [3.8, 4) is 0 Å². The summed E-state index contributed by atoms with van der Waals surface area (Å²) in [5.41, 5.74) is 1.27. The minimum Gasteiger partial charge on any atom is -0.480 e. The molecule has 0 unspecified atom stereocenters. The third-order valence-electron chi connectivity index (χ3n) is 2.09. The van der Waals surface area contributed by atoms with Crippen molar-refractivity contribution in [2.24, 2.45) is 0 Å². The maximum Gasteiger partial charge on any atom is 0.323 e. The second-order valence-electron chi connectivity index (χ2n) is 4.02. The van der Waals surface area contributed by atoms with Crippen LogP contribution in [0, 0.1) is 0 Å². The van der Waals surface area contributed by atoms with Crippen LogP contribution in [0.5, 0.6) is 0 Å². The number of anilines is 1. The zero-order valence-electron chi connectivity index (χ0n) is 10.2. The summed E-state index contributed by atoms with van der Waals surface area (Å²) in [6.07, 6.45) is 1.39. The van der Waals surface area contributed by atoms with Crippen molar-refractivity contribution < 1.29 is 14.7 Å². The van der Waals surface area contributed by atoms with E-state index in [4.69, 9.17) is 16.7 Å². The van der Waals surface area contributed by atoms with Crippen molar-refractivity contribution in [1.29, 1.82) is 0 Å². The highest BCUT2D eigenvalue weighted by Gasteiger charge is 2.17. The molecule has 0 aliphatic rings. The SMILES string of the molecule is CC(C)=CC(=O)N(CC(=O)O)c1cccc(Cl)c1. The Hall–Kier alpha value is -1.81. The van der Waals surface area contributed by atoms with E-state index in [2.05, 4.69) is 0 Å². The van der Waals surface area contributed by atoms with Crippen LogP contribution in [-0.2, 0) is 9.59 Å². The largest absolute Gasteiger partial charge is 0.480 e. The number of rotatable bonds is 4. The lowest BCUT2D eigenvalue weighted by Crippen LogP contribution is -2.34. The summed E-state index contributed by atoms with van der Waals surface area (Å²) in [6, 6.07) is 6.53. The van der Waals surface area contributed by atoms with Crippen molar-refractivity contribution in [2.45, 2.75) is 13.8 Å². The third-order valence-corrected chi connectivity index (χ3v) is 2.33. The van der Waals surface area contributed by atoms with Gasteiger partial charge in [-0.05, 0) is 32.0 Å². The van der Waals surface area contributed by atoms with Gasteiger partial charge in [-0.3, -0.25) is 14.5 Å². The molecule has 0 aromatic heterocycles. The van der Waals surface area contributed by atoms with Crippen molar-refractivity contribution in [1.82, 2.24) is 0 Å². The molecule has 96 valence electrons. The molecule has 1 amide bonds. The Kier molecular flexibility index (Phi) is 4.92. The molecule has 0 saturated carbocycles. The fourth-order valence-electron chi connectivity index (χ4n) is 1.40. The molecule has 0 aliphatic heterocycles. The number of allylic oxidation sites excluding steroid dienone is 1. The Morgan fingerprint density at radius 3 is 2.56 bits per heavy atom. The molecule has 18 heavy (non-hydrogen) atoms. The highest BCUT2D eigenvalue weighted by molar-refractivity contribution is 6.31. The van der Waals surface area contributed by atoms with Gasteiger partial charge in [-0.1, -0.05) is 23.2 Å². The lowest BCUT2D eigenvalue weighted by atomic mass is 10.2. The molecular formula is C13H14ClNO3. The number of nitrogens with zero attached hydrogens (tertiary/aromatic N) is 1. The van der Waals surface area contributed by atoms with Crippen LogP contribution in [0.4, 0.5) is 5.69 Å². The van der Waals surface area contributed by atoms with Crippen LogP contribution in [0.2, 0.25) is 5.02 Å². The summed E-state index contributed by atoms with van der Waals surface area (Å²) in [5, 5.41) is 9.30. The topological polar surface area (TPSA) is 57.6 Å². The predicted octanol–water partition coefficient (Wildman–Crippen LogP) is 2.72. The number of carboxylic acid groups (broad SMARTS) is 1. The van der Waals surface area contributed by atoms with Crippen LogP contribution in [0.25, 0.3) is 0 Å². The maximum atomic E-state index is 11.9. The van der Waals surface area contributed by atoms with E-state index in [0.29, 0.717) is 10.7 Å². The monoisotopic (exact) mass is 267 g/mol. The van der Waals surface area contributed by atoms with Gasteiger partial charge in [0.05, 0.1) is 0 Å². The minimum atomic E-state index is -1.08. The van der Waals surface area contributed by atoms with Crippen LogP contribution in [0.1, 0.15) is 13.8 Å². The van der Waals surface area contributed by atoms with Gasteiger partial charge in [0, 0.05) is 16.8 Å². The van der Waals surface area contributed by atoms with E-state index in [9.17, 15) is 9.59 Å². The van der Waals surface area contributed by atoms with Gasteiger partial charge in [-0.25, -0.2) is 0 Å². The summed E-state index contributed by atoms with van der Waals surface area (Å²) in [5.74, 6) is -1.45. The number of amides is 1. The number of benzene rings is 1. The van der Waals surface area contributed by atoms with Gasteiger partial charge in [0.15, 0.2) is 0 Å². The highest BCUT2D eigenvalue weighted by Crippen LogP contribution is 2.20. The molecular weight excluding hydrogens is 254 g/mol. The standard InChI is InChI=1S/C13H14ClNO3/c1-9(2)6-12(16)15(8-13(17)18)11-5-3-4-10(14)7-11/h3-7H,8H2,1-2H3,(H,17,18). The van der Waals surface area contributed by atoms with Crippen LogP contribution in [0.3, 0.4) is 0 Å². The van der Waals surface area contributed by atoms with Crippen molar-refractivity contribution >= 4 is 29.2 Å². The third kappa shape index (κ3) is 4.22. The Bertz CT molecular complexity index is 493. The first-order valence-corrected chi connectivity index (χ1v) is 5.71. The molecule has 4 nitrogen and oxygen atoms in total. The maximum absolute atomic E-state index is 11.9. The van der Waals surface area contributed by atoms with E-state index in [1.807, 2.05) is 0 Å². The Balaban J connectivity index is 3.09. The molecule has 1 rings (SSSR count). The van der Waals surface area contributed by atoms with Gasteiger partial charge in [-0.2, -0.15) is 0 Å². The minimum absolute atomic E-state index is 0.375. The quantitative estimate of drug-likeness (QED) is 0.854.